The Morgan fingerprint density at radius 3 is 3.05 bits per heavy atom. The van der Waals surface area contributed by atoms with Gasteiger partial charge >= 0.3 is 0 Å². The zero-order valence-electron chi connectivity index (χ0n) is 10.8. The second kappa shape index (κ2) is 4.96. The van der Waals surface area contributed by atoms with E-state index in [1.807, 2.05) is 31.2 Å². The van der Waals surface area contributed by atoms with Gasteiger partial charge in [-0.3, -0.25) is 9.20 Å². The molecule has 0 saturated carbocycles. The minimum absolute atomic E-state index is 0.0712. The lowest BCUT2D eigenvalue weighted by molar-refractivity contribution is 0.894. The van der Waals surface area contributed by atoms with Gasteiger partial charge in [0.2, 0.25) is 0 Å². The van der Waals surface area contributed by atoms with Crippen LogP contribution in [-0.2, 0) is 6.42 Å². The van der Waals surface area contributed by atoms with Crippen LogP contribution in [0.25, 0.3) is 25.6 Å². The van der Waals surface area contributed by atoms with Crippen molar-refractivity contribution in [1.29, 1.82) is 0 Å². The van der Waals surface area contributed by atoms with E-state index in [9.17, 15) is 4.79 Å². The molecule has 7 heteroatoms. The van der Waals surface area contributed by atoms with Crippen molar-refractivity contribution < 1.29 is 0 Å². The van der Waals surface area contributed by atoms with Crippen LogP contribution in [-0.4, -0.2) is 15.9 Å². The smallest absolute Gasteiger partial charge is 0.262 e. The van der Waals surface area contributed by atoms with Gasteiger partial charge in [-0.25, -0.2) is 4.98 Å². The predicted octanol–water partition coefficient (Wildman–Crippen LogP) is 3.07. The molecule has 0 amide bonds. The topological polar surface area (TPSA) is 83.1 Å². The van der Waals surface area contributed by atoms with Crippen LogP contribution < -0.4 is 5.56 Å². The number of rotatable bonds is 3. The molecule has 0 spiro atoms. The molecule has 2 aromatic heterocycles. The van der Waals surface area contributed by atoms with Crippen molar-refractivity contribution >= 4 is 26.5 Å². The Morgan fingerprint density at radius 2 is 2.25 bits per heavy atom. The van der Waals surface area contributed by atoms with E-state index < -0.39 is 0 Å². The Hall–Kier alpha value is -2.37. The highest BCUT2D eigenvalue weighted by molar-refractivity contribution is 7.23. The Morgan fingerprint density at radius 1 is 1.45 bits per heavy atom. The van der Waals surface area contributed by atoms with Gasteiger partial charge in [-0.15, -0.1) is 0 Å². The summed E-state index contributed by atoms with van der Waals surface area (Å²) in [4.78, 5) is 20.5. The van der Waals surface area contributed by atoms with Crippen LogP contribution in [0, 0.1) is 6.92 Å². The number of para-hydroxylation sites is 1. The SMILES string of the molecule is Cc1nc2sc3ccccc3n2c(=O)c1CCN=[N+]=[N-]. The second-order valence-electron chi connectivity index (χ2n) is 4.37. The molecule has 0 bridgehead atoms. The first-order valence-corrected chi connectivity index (χ1v) is 6.94. The minimum atomic E-state index is -0.0712. The molecule has 0 N–H and O–H groups in total. The molecule has 3 rings (SSSR count). The van der Waals surface area contributed by atoms with E-state index in [1.54, 1.807) is 4.40 Å². The number of hydrogen-bond donors (Lipinski definition) is 0. The normalized spacial score (nSPS) is 10.8. The molecule has 0 radical (unpaired) electrons. The second-order valence-corrected chi connectivity index (χ2v) is 5.38. The number of benzene rings is 1. The van der Waals surface area contributed by atoms with Gasteiger partial charge in [0.15, 0.2) is 4.96 Å². The molecule has 0 saturated heterocycles. The number of nitrogens with zero attached hydrogens (tertiary/aromatic N) is 5. The summed E-state index contributed by atoms with van der Waals surface area (Å²) in [6.45, 7) is 2.08. The molecule has 100 valence electrons. The van der Waals surface area contributed by atoms with Crippen LogP contribution in [0.5, 0.6) is 0 Å². The fraction of sp³-hybridized carbons (Fsp3) is 0.231. The number of thiazole rings is 1. The third-order valence-electron chi connectivity index (χ3n) is 3.19. The summed E-state index contributed by atoms with van der Waals surface area (Å²) in [5, 5.41) is 3.49. The zero-order valence-corrected chi connectivity index (χ0v) is 11.6. The number of aryl methyl sites for hydroxylation is 1. The highest BCUT2D eigenvalue weighted by atomic mass is 32.1. The van der Waals surface area contributed by atoms with Crippen molar-refractivity contribution in [1.82, 2.24) is 9.38 Å². The lowest BCUT2D eigenvalue weighted by Crippen LogP contribution is -2.21. The maximum Gasteiger partial charge on any atom is 0.262 e. The van der Waals surface area contributed by atoms with E-state index in [1.165, 1.54) is 11.3 Å². The molecular weight excluding hydrogens is 274 g/mol. The Bertz CT molecular complexity index is 904. The summed E-state index contributed by atoms with van der Waals surface area (Å²) in [5.74, 6) is 0. The lowest BCUT2D eigenvalue weighted by atomic mass is 10.2. The molecule has 1 aromatic carbocycles. The van der Waals surface area contributed by atoms with Gasteiger partial charge in [-0.1, -0.05) is 28.6 Å². The number of azide groups is 1. The van der Waals surface area contributed by atoms with Crippen molar-refractivity contribution in [2.24, 2.45) is 5.11 Å². The largest absolute Gasteiger partial charge is 0.269 e. The van der Waals surface area contributed by atoms with Gasteiger partial charge in [0.25, 0.3) is 5.56 Å². The van der Waals surface area contributed by atoms with Crippen LogP contribution in [0.1, 0.15) is 11.3 Å². The molecule has 0 fully saturated rings. The van der Waals surface area contributed by atoms with Gasteiger partial charge in [-0.2, -0.15) is 0 Å². The monoisotopic (exact) mass is 285 g/mol. The first-order chi connectivity index (χ1) is 9.72. The number of hydrogen-bond acceptors (Lipinski definition) is 4. The average Bonchev–Trinajstić information content (AvgIpc) is 2.80. The van der Waals surface area contributed by atoms with Crippen LogP contribution >= 0.6 is 11.3 Å². The molecule has 6 nitrogen and oxygen atoms in total. The van der Waals surface area contributed by atoms with E-state index in [0.717, 1.165) is 10.2 Å². The zero-order chi connectivity index (χ0) is 14.1. The minimum Gasteiger partial charge on any atom is -0.269 e. The Labute approximate surface area is 117 Å². The third-order valence-corrected chi connectivity index (χ3v) is 4.21. The highest BCUT2D eigenvalue weighted by Gasteiger charge is 2.13. The summed E-state index contributed by atoms with van der Waals surface area (Å²) in [6, 6.07) is 7.73. The lowest BCUT2D eigenvalue weighted by Gasteiger charge is -2.03. The standard InChI is InChI=1S/C13H11N5OS/c1-8-9(6-7-15-17-14)12(19)18-10-4-2-3-5-11(10)20-13(18)16-8/h2-5H,6-7H2,1H3. The molecular formula is C13H11N5OS. The third kappa shape index (κ3) is 1.93. The van der Waals surface area contributed by atoms with Crippen LogP contribution in [0.4, 0.5) is 0 Å². The number of aromatic nitrogens is 2. The van der Waals surface area contributed by atoms with Crippen molar-refractivity contribution in [2.45, 2.75) is 13.3 Å². The van der Waals surface area contributed by atoms with Gasteiger partial charge in [0.05, 0.1) is 10.2 Å². The van der Waals surface area contributed by atoms with Gasteiger partial charge < -0.3 is 0 Å². The molecule has 3 aromatic rings. The molecule has 2 heterocycles. The van der Waals surface area contributed by atoms with E-state index in [0.29, 0.717) is 22.6 Å². The Balaban J connectivity index is 2.29. The van der Waals surface area contributed by atoms with E-state index >= 15 is 0 Å². The summed E-state index contributed by atoms with van der Waals surface area (Å²) < 4.78 is 2.67. The molecule has 0 unspecified atom stereocenters. The van der Waals surface area contributed by atoms with Crippen LogP contribution in [0.3, 0.4) is 0 Å². The molecule has 0 aliphatic heterocycles. The molecule has 20 heavy (non-hydrogen) atoms. The van der Waals surface area contributed by atoms with Gasteiger partial charge in [0.1, 0.15) is 0 Å². The quantitative estimate of drug-likeness (QED) is 0.421. The van der Waals surface area contributed by atoms with Crippen molar-refractivity contribution in [3.8, 4) is 0 Å². The first-order valence-electron chi connectivity index (χ1n) is 6.13. The van der Waals surface area contributed by atoms with E-state index in [4.69, 9.17) is 5.53 Å². The van der Waals surface area contributed by atoms with Crippen molar-refractivity contribution in [3.63, 3.8) is 0 Å². The first kappa shape index (κ1) is 12.7. The van der Waals surface area contributed by atoms with E-state index in [-0.39, 0.29) is 12.1 Å². The summed E-state index contributed by atoms with van der Waals surface area (Å²) >= 11 is 1.50. The molecule has 0 aliphatic rings. The van der Waals surface area contributed by atoms with E-state index in [2.05, 4.69) is 15.0 Å². The summed E-state index contributed by atoms with van der Waals surface area (Å²) in [6.07, 6.45) is 0.412. The van der Waals surface area contributed by atoms with Crippen molar-refractivity contribution in [2.75, 3.05) is 6.54 Å². The maximum atomic E-state index is 12.6. The van der Waals surface area contributed by atoms with Crippen molar-refractivity contribution in [3.05, 3.63) is 56.3 Å². The average molecular weight is 285 g/mol. The summed E-state index contributed by atoms with van der Waals surface area (Å²) in [7, 11) is 0. The maximum absolute atomic E-state index is 12.6. The highest BCUT2D eigenvalue weighted by Crippen LogP contribution is 2.24. The van der Waals surface area contributed by atoms with Gasteiger partial charge in [0, 0.05) is 22.7 Å². The molecule has 0 atom stereocenters. The fourth-order valence-electron chi connectivity index (χ4n) is 2.24. The summed E-state index contributed by atoms with van der Waals surface area (Å²) in [5.41, 5.74) is 10.4. The molecule has 0 aliphatic carbocycles. The Kier molecular flexibility index (Phi) is 3.14. The van der Waals surface area contributed by atoms with Crippen LogP contribution in [0.2, 0.25) is 0 Å². The number of fused-ring (bicyclic) bond motifs is 3. The van der Waals surface area contributed by atoms with Gasteiger partial charge in [-0.05, 0) is 31.0 Å². The predicted molar refractivity (Wildman–Crippen MR) is 79.3 cm³/mol. The van der Waals surface area contributed by atoms with Crippen LogP contribution in [0.15, 0.2) is 34.2 Å². The fourth-order valence-corrected chi connectivity index (χ4v) is 3.30.